The van der Waals surface area contributed by atoms with Gasteiger partial charge in [-0.05, 0) is 48.2 Å². The van der Waals surface area contributed by atoms with Crippen molar-refractivity contribution in [3.63, 3.8) is 0 Å². The minimum absolute atomic E-state index is 0.0708. The molecule has 194 valence electrons. The van der Waals surface area contributed by atoms with Gasteiger partial charge in [-0.1, -0.05) is 49.4 Å². The average Bonchev–Trinajstić information content (AvgIpc) is 2.93. The first-order valence-electron chi connectivity index (χ1n) is 12.6. The van der Waals surface area contributed by atoms with Gasteiger partial charge in [0, 0.05) is 50.6 Å². The van der Waals surface area contributed by atoms with Gasteiger partial charge in [-0.25, -0.2) is 0 Å². The van der Waals surface area contributed by atoms with Crippen LogP contribution in [0, 0.1) is 5.92 Å². The van der Waals surface area contributed by atoms with Crippen LogP contribution in [-0.4, -0.2) is 62.7 Å². The van der Waals surface area contributed by atoms with Crippen molar-refractivity contribution in [1.29, 1.82) is 0 Å². The first kappa shape index (κ1) is 26.4. The summed E-state index contributed by atoms with van der Waals surface area (Å²) in [6.07, 6.45) is -0.0933. The van der Waals surface area contributed by atoms with Gasteiger partial charge in [0.1, 0.15) is 12.4 Å². The van der Waals surface area contributed by atoms with E-state index in [0.717, 1.165) is 17.7 Å². The van der Waals surface area contributed by atoms with Crippen LogP contribution in [0.2, 0.25) is 0 Å². The Hall–Kier alpha value is -3.68. The molecule has 2 N–H and O–H groups in total. The van der Waals surface area contributed by atoms with E-state index in [1.165, 1.54) is 0 Å². The second-order valence-electron chi connectivity index (χ2n) is 9.67. The van der Waals surface area contributed by atoms with Gasteiger partial charge in [-0.15, -0.1) is 0 Å². The lowest BCUT2D eigenvalue weighted by Crippen LogP contribution is -2.44. The Kier molecular flexibility index (Phi) is 8.58. The standard InChI is InChI=1S/C30H35N3O4/c1-20-17-31-21(2)19-37-27-16-25(14-15-26(27)30(35)33(3)18-28(20)36-4)32-29(34)24-12-10-23(11-13-24)22-8-6-5-7-9-22/h5-16,20-21,28,31H,17-19H2,1-4H3,(H,32,34)/t20-,21+,28+/m1/s1. The number of rotatable bonds is 4. The number of ether oxygens (including phenoxy) is 2. The molecule has 7 heteroatoms. The molecule has 0 aliphatic carbocycles. The van der Waals surface area contributed by atoms with Crippen molar-refractivity contribution in [3.05, 3.63) is 83.9 Å². The fourth-order valence-corrected chi connectivity index (χ4v) is 4.38. The van der Waals surface area contributed by atoms with E-state index in [-0.39, 0.29) is 29.9 Å². The number of carbonyl (C=O) groups is 2. The maximum atomic E-state index is 13.3. The van der Waals surface area contributed by atoms with Crippen molar-refractivity contribution in [3.8, 4) is 16.9 Å². The molecule has 37 heavy (non-hydrogen) atoms. The van der Waals surface area contributed by atoms with E-state index < -0.39 is 0 Å². The van der Waals surface area contributed by atoms with Crippen LogP contribution in [0.3, 0.4) is 0 Å². The molecule has 0 radical (unpaired) electrons. The third-order valence-electron chi connectivity index (χ3n) is 6.74. The zero-order valence-electron chi connectivity index (χ0n) is 21.9. The number of methoxy groups -OCH3 is 1. The molecular formula is C30H35N3O4. The molecular weight excluding hydrogens is 466 g/mol. The molecule has 1 aliphatic rings. The van der Waals surface area contributed by atoms with E-state index in [4.69, 9.17) is 9.47 Å². The Bertz CT molecular complexity index is 1210. The summed E-state index contributed by atoms with van der Waals surface area (Å²) < 4.78 is 11.8. The van der Waals surface area contributed by atoms with Gasteiger partial charge < -0.3 is 25.0 Å². The SMILES string of the molecule is CO[C@H]1CN(C)C(=O)c2ccc(NC(=O)c3ccc(-c4ccccc4)cc3)cc2OC[C@H](C)NC[C@H]1C. The maximum Gasteiger partial charge on any atom is 0.257 e. The fraction of sp³-hybridized carbons (Fsp3) is 0.333. The number of hydrogen-bond donors (Lipinski definition) is 2. The number of benzene rings is 3. The van der Waals surface area contributed by atoms with Gasteiger partial charge in [0.25, 0.3) is 11.8 Å². The van der Waals surface area contributed by atoms with Gasteiger partial charge >= 0.3 is 0 Å². The van der Waals surface area contributed by atoms with Crippen molar-refractivity contribution in [2.75, 3.05) is 39.2 Å². The molecule has 0 aromatic heterocycles. The van der Waals surface area contributed by atoms with Crippen molar-refractivity contribution in [1.82, 2.24) is 10.2 Å². The molecule has 0 saturated carbocycles. The number of anilines is 1. The zero-order chi connectivity index (χ0) is 26.4. The molecule has 1 aliphatic heterocycles. The molecule has 0 spiro atoms. The highest BCUT2D eigenvalue weighted by molar-refractivity contribution is 6.05. The maximum absolute atomic E-state index is 13.3. The van der Waals surface area contributed by atoms with E-state index in [1.54, 1.807) is 49.4 Å². The molecule has 4 rings (SSSR count). The van der Waals surface area contributed by atoms with Crippen molar-refractivity contribution in [2.45, 2.75) is 26.0 Å². The molecule has 3 atom stereocenters. The zero-order valence-corrected chi connectivity index (χ0v) is 21.9. The second-order valence-corrected chi connectivity index (χ2v) is 9.67. The smallest absolute Gasteiger partial charge is 0.257 e. The molecule has 3 aromatic carbocycles. The van der Waals surface area contributed by atoms with E-state index in [2.05, 4.69) is 17.6 Å². The normalized spacial score (nSPS) is 20.7. The van der Waals surface area contributed by atoms with Gasteiger partial charge in [0.2, 0.25) is 0 Å². The molecule has 0 saturated heterocycles. The summed E-state index contributed by atoms with van der Waals surface area (Å²) in [7, 11) is 3.44. The Morgan fingerprint density at radius 3 is 2.43 bits per heavy atom. The lowest BCUT2D eigenvalue weighted by Gasteiger charge is -2.30. The third-order valence-corrected chi connectivity index (χ3v) is 6.74. The van der Waals surface area contributed by atoms with Crippen LogP contribution in [0.15, 0.2) is 72.8 Å². The van der Waals surface area contributed by atoms with Gasteiger partial charge in [0.05, 0.1) is 11.7 Å². The molecule has 0 unspecified atom stereocenters. The summed E-state index contributed by atoms with van der Waals surface area (Å²) in [6, 6.07) is 22.7. The lowest BCUT2D eigenvalue weighted by molar-refractivity contribution is 0.0281. The highest BCUT2D eigenvalue weighted by Gasteiger charge is 2.25. The Morgan fingerprint density at radius 2 is 1.73 bits per heavy atom. The molecule has 7 nitrogen and oxygen atoms in total. The van der Waals surface area contributed by atoms with Gasteiger partial charge in [-0.3, -0.25) is 9.59 Å². The van der Waals surface area contributed by atoms with Crippen LogP contribution in [-0.2, 0) is 4.74 Å². The quantitative estimate of drug-likeness (QED) is 0.542. The summed E-state index contributed by atoms with van der Waals surface area (Å²) in [6.45, 7) is 5.74. The first-order chi connectivity index (χ1) is 17.9. The number of likely N-dealkylation sites (N-methyl/N-ethyl adjacent to an activating group) is 1. The number of hydrogen-bond acceptors (Lipinski definition) is 5. The first-order valence-corrected chi connectivity index (χ1v) is 12.6. The number of nitrogens with zero attached hydrogens (tertiary/aromatic N) is 1. The number of fused-ring (bicyclic) bond motifs is 1. The van der Waals surface area contributed by atoms with Crippen LogP contribution in [0.4, 0.5) is 5.69 Å². The molecule has 2 amide bonds. The fourth-order valence-electron chi connectivity index (χ4n) is 4.38. The number of amides is 2. The van der Waals surface area contributed by atoms with E-state index >= 15 is 0 Å². The molecule has 0 bridgehead atoms. The predicted molar refractivity (Wildman–Crippen MR) is 146 cm³/mol. The largest absolute Gasteiger partial charge is 0.491 e. The minimum atomic E-state index is -0.233. The summed E-state index contributed by atoms with van der Waals surface area (Å²) >= 11 is 0. The number of nitrogens with one attached hydrogen (secondary N) is 2. The van der Waals surface area contributed by atoms with E-state index in [1.807, 2.05) is 49.4 Å². The van der Waals surface area contributed by atoms with Gasteiger partial charge in [-0.2, -0.15) is 0 Å². The third kappa shape index (κ3) is 6.56. The molecule has 0 fully saturated rings. The van der Waals surface area contributed by atoms with Crippen molar-refractivity contribution in [2.24, 2.45) is 5.92 Å². The van der Waals surface area contributed by atoms with Crippen molar-refractivity contribution >= 4 is 17.5 Å². The van der Waals surface area contributed by atoms with Crippen LogP contribution < -0.4 is 15.4 Å². The molecule has 3 aromatic rings. The highest BCUT2D eigenvalue weighted by Crippen LogP contribution is 2.27. The summed E-state index contributed by atoms with van der Waals surface area (Å²) in [5, 5.41) is 6.41. The van der Waals surface area contributed by atoms with Crippen LogP contribution in [0.25, 0.3) is 11.1 Å². The average molecular weight is 502 g/mol. The number of carbonyl (C=O) groups excluding carboxylic acids is 2. The summed E-state index contributed by atoms with van der Waals surface area (Å²) in [5.74, 6) is 0.272. The predicted octanol–water partition coefficient (Wildman–Crippen LogP) is 4.70. The van der Waals surface area contributed by atoms with Crippen LogP contribution >= 0.6 is 0 Å². The Balaban J connectivity index is 1.53. The van der Waals surface area contributed by atoms with Gasteiger partial charge in [0.15, 0.2) is 0 Å². The van der Waals surface area contributed by atoms with Crippen molar-refractivity contribution < 1.29 is 19.1 Å². The van der Waals surface area contributed by atoms with Crippen LogP contribution in [0.5, 0.6) is 5.75 Å². The summed E-state index contributed by atoms with van der Waals surface area (Å²) in [5.41, 5.74) is 3.68. The Morgan fingerprint density at radius 1 is 1.03 bits per heavy atom. The topological polar surface area (TPSA) is 79.9 Å². The minimum Gasteiger partial charge on any atom is -0.491 e. The highest BCUT2D eigenvalue weighted by atomic mass is 16.5. The van der Waals surface area contributed by atoms with Crippen LogP contribution in [0.1, 0.15) is 34.6 Å². The molecule has 1 heterocycles. The lowest BCUT2D eigenvalue weighted by atomic mass is 10.0. The van der Waals surface area contributed by atoms with E-state index in [9.17, 15) is 9.59 Å². The monoisotopic (exact) mass is 501 g/mol. The van der Waals surface area contributed by atoms with E-state index in [0.29, 0.717) is 35.7 Å². The summed E-state index contributed by atoms with van der Waals surface area (Å²) in [4.78, 5) is 27.9. The Labute approximate surface area is 218 Å². The second kappa shape index (κ2) is 12.0.